The van der Waals surface area contributed by atoms with Crippen molar-refractivity contribution in [2.75, 3.05) is 0 Å². The normalized spacial score (nSPS) is 10.4. The van der Waals surface area contributed by atoms with Crippen molar-refractivity contribution in [3.05, 3.63) is 12.2 Å². The lowest BCUT2D eigenvalue weighted by molar-refractivity contribution is -0.131. The maximum Gasteiger partial charge on any atom is 0.380 e. The molecule has 0 aliphatic rings. The molecule has 70 valence electrons. The van der Waals surface area contributed by atoms with Gasteiger partial charge in [0.2, 0.25) is 5.82 Å². The van der Waals surface area contributed by atoms with Gasteiger partial charge in [0.15, 0.2) is 0 Å². The minimum absolute atomic E-state index is 0.0826. The van der Waals surface area contributed by atoms with E-state index in [-0.39, 0.29) is 11.9 Å². The highest BCUT2D eigenvalue weighted by atomic mass is 16.4. The predicted octanol–water partition coefficient (Wildman–Crippen LogP) is 0.126. The summed E-state index contributed by atoms with van der Waals surface area (Å²) in [5.41, 5.74) is 0. The predicted molar refractivity (Wildman–Crippen MR) is 42.4 cm³/mol. The van der Waals surface area contributed by atoms with E-state index in [0.29, 0.717) is 0 Å². The Morgan fingerprint density at radius 1 is 1.54 bits per heavy atom. The molecule has 0 spiro atoms. The smallest absolute Gasteiger partial charge is 0.380 e. The first-order valence-electron chi connectivity index (χ1n) is 3.71. The molecule has 6 nitrogen and oxygen atoms in total. The van der Waals surface area contributed by atoms with E-state index in [2.05, 4.69) is 10.1 Å². The molecular weight excluding hydrogens is 174 g/mol. The van der Waals surface area contributed by atoms with Gasteiger partial charge in [-0.1, -0.05) is 0 Å². The van der Waals surface area contributed by atoms with Gasteiger partial charge < -0.3 is 5.11 Å². The van der Waals surface area contributed by atoms with Crippen LogP contribution >= 0.6 is 0 Å². The van der Waals surface area contributed by atoms with Gasteiger partial charge in [0.25, 0.3) is 0 Å². The highest BCUT2D eigenvalue weighted by Gasteiger charge is 2.21. The van der Waals surface area contributed by atoms with Crippen LogP contribution in [0.3, 0.4) is 0 Å². The maximum absolute atomic E-state index is 11.0. The van der Waals surface area contributed by atoms with Crippen LogP contribution in [-0.4, -0.2) is 31.6 Å². The molecule has 0 fully saturated rings. The Labute approximate surface area is 74.2 Å². The summed E-state index contributed by atoms with van der Waals surface area (Å²) in [5.74, 6) is -2.69. The standard InChI is InChI=1S/C7H9N3O3/c1-4(2)10-6(8-3-9-10)5(11)7(12)13/h3-4H,1-2H3,(H,12,13). The van der Waals surface area contributed by atoms with Crippen molar-refractivity contribution in [3.63, 3.8) is 0 Å². The molecule has 0 saturated heterocycles. The number of carboxylic acid groups (broad SMARTS) is 1. The van der Waals surface area contributed by atoms with Crippen LogP contribution in [-0.2, 0) is 4.79 Å². The molecule has 0 unspecified atom stereocenters. The van der Waals surface area contributed by atoms with Gasteiger partial charge >= 0.3 is 11.8 Å². The van der Waals surface area contributed by atoms with Crippen LogP contribution in [0.2, 0.25) is 0 Å². The fraction of sp³-hybridized carbons (Fsp3) is 0.429. The Morgan fingerprint density at radius 2 is 2.15 bits per heavy atom. The van der Waals surface area contributed by atoms with Crippen molar-refractivity contribution in [3.8, 4) is 0 Å². The van der Waals surface area contributed by atoms with Gasteiger partial charge in [-0.25, -0.2) is 14.5 Å². The third-order valence-electron chi connectivity index (χ3n) is 1.46. The van der Waals surface area contributed by atoms with E-state index < -0.39 is 11.8 Å². The first kappa shape index (κ1) is 9.37. The molecule has 6 heteroatoms. The summed E-state index contributed by atoms with van der Waals surface area (Å²) in [7, 11) is 0. The second-order valence-corrected chi connectivity index (χ2v) is 2.76. The Bertz CT molecular complexity index is 343. The second kappa shape index (κ2) is 3.34. The summed E-state index contributed by atoms with van der Waals surface area (Å²) >= 11 is 0. The summed E-state index contributed by atoms with van der Waals surface area (Å²) in [6.45, 7) is 3.57. The molecule has 0 amide bonds. The van der Waals surface area contributed by atoms with Crippen molar-refractivity contribution in [2.45, 2.75) is 19.9 Å². The number of hydrogen-bond donors (Lipinski definition) is 1. The van der Waals surface area contributed by atoms with Crippen LogP contribution in [0.5, 0.6) is 0 Å². The largest absolute Gasteiger partial charge is 0.475 e. The summed E-state index contributed by atoms with van der Waals surface area (Å²) in [5, 5.41) is 12.2. The zero-order valence-corrected chi connectivity index (χ0v) is 7.26. The number of carbonyl (C=O) groups excluding carboxylic acids is 1. The topological polar surface area (TPSA) is 85.1 Å². The van der Waals surface area contributed by atoms with E-state index in [9.17, 15) is 9.59 Å². The molecule has 1 aromatic heterocycles. The Kier molecular flexibility index (Phi) is 2.41. The van der Waals surface area contributed by atoms with Crippen LogP contribution in [0.15, 0.2) is 6.33 Å². The quantitative estimate of drug-likeness (QED) is 0.531. The number of aliphatic carboxylic acids is 1. The van der Waals surface area contributed by atoms with Crippen LogP contribution < -0.4 is 0 Å². The molecule has 0 atom stereocenters. The zero-order chi connectivity index (χ0) is 10.0. The fourth-order valence-electron chi connectivity index (χ4n) is 0.886. The Balaban J connectivity index is 3.07. The SMILES string of the molecule is CC(C)n1ncnc1C(=O)C(=O)O. The summed E-state index contributed by atoms with van der Waals surface area (Å²) in [6.07, 6.45) is 1.16. The summed E-state index contributed by atoms with van der Waals surface area (Å²) in [4.78, 5) is 24.9. The molecule has 0 bridgehead atoms. The van der Waals surface area contributed by atoms with Crippen LogP contribution in [0.25, 0.3) is 0 Å². The molecule has 0 radical (unpaired) electrons. The minimum Gasteiger partial charge on any atom is -0.475 e. The van der Waals surface area contributed by atoms with Crippen LogP contribution in [0, 0.1) is 0 Å². The summed E-state index contributed by atoms with van der Waals surface area (Å²) in [6, 6.07) is -0.0826. The van der Waals surface area contributed by atoms with Gasteiger partial charge in [0.05, 0.1) is 0 Å². The van der Waals surface area contributed by atoms with Crippen molar-refractivity contribution in [2.24, 2.45) is 0 Å². The van der Waals surface area contributed by atoms with Gasteiger partial charge in [-0.15, -0.1) is 0 Å². The molecule has 1 heterocycles. The van der Waals surface area contributed by atoms with Crippen molar-refractivity contribution in [1.29, 1.82) is 0 Å². The summed E-state index contributed by atoms with van der Waals surface area (Å²) < 4.78 is 1.27. The first-order valence-corrected chi connectivity index (χ1v) is 3.71. The monoisotopic (exact) mass is 183 g/mol. The lowest BCUT2D eigenvalue weighted by Gasteiger charge is -2.05. The minimum atomic E-state index is -1.52. The fourth-order valence-corrected chi connectivity index (χ4v) is 0.886. The maximum atomic E-state index is 11.0. The molecule has 1 aromatic rings. The van der Waals surface area contributed by atoms with E-state index in [1.165, 1.54) is 4.68 Å². The highest BCUT2D eigenvalue weighted by molar-refractivity contribution is 6.38. The van der Waals surface area contributed by atoms with E-state index in [4.69, 9.17) is 5.11 Å². The number of aromatic nitrogens is 3. The number of nitrogens with zero attached hydrogens (tertiary/aromatic N) is 3. The molecule has 0 saturated carbocycles. The zero-order valence-electron chi connectivity index (χ0n) is 7.26. The first-order chi connectivity index (χ1) is 6.04. The number of hydrogen-bond acceptors (Lipinski definition) is 4. The van der Waals surface area contributed by atoms with Crippen molar-refractivity contribution >= 4 is 11.8 Å². The molecule has 0 aromatic carbocycles. The van der Waals surface area contributed by atoms with E-state index >= 15 is 0 Å². The van der Waals surface area contributed by atoms with Gasteiger partial charge in [-0.2, -0.15) is 5.10 Å². The van der Waals surface area contributed by atoms with Gasteiger partial charge in [0, 0.05) is 6.04 Å². The van der Waals surface area contributed by atoms with Crippen molar-refractivity contribution in [1.82, 2.24) is 14.8 Å². The molecule has 0 aliphatic carbocycles. The second-order valence-electron chi connectivity index (χ2n) is 2.76. The lowest BCUT2D eigenvalue weighted by Crippen LogP contribution is -2.20. The highest BCUT2D eigenvalue weighted by Crippen LogP contribution is 2.05. The number of Topliss-reactive ketones (excluding diaryl/α,β-unsaturated/α-hetero) is 1. The number of rotatable bonds is 3. The third-order valence-corrected chi connectivity index (χ3v) is 1.46. The molecule has 13 heavy (non-hydrogen) atoms. The van der Waals surface area contributed by atoms with Crippen LogP contribution in [0.4, 0.5) is 0 Å². The number of ketones is 1. The average molecular weight is 183 g/mol. The Hall–Kier alpha value is -1.72. The van der Waals surface area contributed by atoms with Gasteiger partial charge in [-0.3, -0.25) is 4.79 Å². The van der Waals surface area contributed by atoms with Crippen molar-refractivity contribution < 1.29 is 14.7 Å². The number of carbonyl (C=O) groups is 2. The van der Waals surface area contributed by atoms with Crippen LogP contribution in [0.1, 0.15) is 30.5 Å². The molecule has 1 N–H and O–H groups in total. The Morgan fingerprint density at radius 3 is 2.62 bits per heavy atom. The molecular formula is C7H9N3O3. The molecule has 1 rings (SSSR count). The van der Waals surface area contributed by atoms with Gasteiger partial charge in [-0.05, 0) is 13.8 Å². The lowest BCUT2D eigenvalue weighted by atomic mass is 10.3. The molecule has 0 aliphatic heterocycles. The third kappa shape index (κ3) is 1.71. The average Bonchev–Trinajstić information content (AvgIpc) is 2.50. The number of carboxylic acids is 1. The van der Waals surface area contributed by atoms with E-state index in [0.717, 1.165) is 6.33 Å². The van der Waals surface area contributed by atoms with E-state index in [1.54, 1.807) is 13.8 Å². The van der Waals surface area contributed by atoms with Gasteiger partial charge in [0.1, 0.15) is 6.33 Å². The van der Waals surface area contributed by atoms with E-state index in [1.807, 2.05) is 0 Å².